The summed E-state index contributed by atoms with van der Waals surface area (Å²) in [4.78, 5) is 28.2. The molecule has 1 saturated heterocycles. The second-order valence-corrected chi connectivity index (χ2v) is 9.75. The maximum Gasteiger partial charge on any atom is 0.238 e. The van der Waals surface area contributed by atoms with E-state index in [1.807, 2.05) is 29.2 Å². The van der Waals surface area contributed by atoms with Crippen molar-refractivity contribution in [3.05, 3.63) is 53.1 Å². The van der Waals surface area contributed by atoms with Crippen molar-refractivity contribution in [2.75, 3.05) is 49.2 Å². The topological polar surface area (TPSA) is 86.8 Å². The fourth-order valence-electron chi connectivity index (χ4n) is 3.29. The minimum Gasteiger partial charge on any atom is -0.369 e. The number of halogens is 1. The van der Waals surface area contributed by atoms with Gasteiger partial charge in [0.15, 0.2) is 15.6 Å². The number of carbonyl (C=O) groups excluding carboxylic acids is 2. The van der Waals surface area contributed by atoms with Gasteiger partial charge in [0.25, 0.3) is 0 Å². The van der Waals surface area contributed by atoms with E-state index in [0.717, 1.165) is 25.0 Å². The summed E-state index contributed by atoms with van der Waals surface area (Å²) >= 11 is 6.10. The van der Waals surface area contributed by atoms with Crippen LogP contribution in [0.1, 0.15) is 17.3 Å². The van der Waals surface area contributed by atoms with Crippen LogP contribution in [0.15, 0.2) is 47.4 Å². The van der Waals surface area contributed by atoms with Crippen LogP contribution in [0.5, 0.6) is 0 Å². The molecule has 1 aliphatic heterocycles. The van der Waals surface area contributed by atoms with E-state index in [1.165, 1.54) is 18.2 Å². The highest BCUT2D eigenvalue weighted by Gasteiger charge is 2.20. The highest BCUT2D eigenvalue weighted by Crippen LogP contribution is 2.25. The summed E-state index contributed by atoms with van der Waals surface area (Å²) in [5.41, 5.74) is 2.02. The van der Waals surface area contributed by atoms with Gasteiger partial charge in [-0.3, -0.25) is 14.5 Å². The van der Waals surface area contributed by atoms with Gasteiger partial charge in [0.1, 0.15) is 0 Å². The van der Waals surface area contributed by atoms with Crippen LogP contribution in [0.25, 0.3) is 0 Å². The quantitative estimate of drug-likeness (QED) is 0.682. The van der Waals surface area contributed by atoms with Crippen molar-refractivity contribution in [2.45, 2.75) is 11.8 Å². The Balaban J connectivity index is 1.55. The molecule has 0 aromatic heterocycles. The van der Waals surface area contributed by atoms with E-state index in [1.54, 1.807) is 6.92 Å². The van der Waals surface area contributed by atoms with Gasteiger partial charge in [-0.25, -0.2) is 8.42 Å². The first kappa shape index (κ1) is 22.3. The minimum atomic E-state index is -3.39. The number of piperazine rings is 1. The molecule has 1 heterocycles. The van der Waals surface area contributed by atoms with Crippen LogP contribution in [0.3, 0.4) is 0 Å². The molecular formula is C21H24ClN3O4S. The van der Waals surface area contributed by atoms with E-state index in [2.05, 4.69) is 10.2 Å². The Morgan fingerprint density at radius 3 is 2.23 bits per heavy atom. The number of hydrogen-bond acceptors (Lipinski definition) is 6. The number of Topliss-reactive ketones (excluding diaryl/α,β-unsaturated/α-hetero) is 1. The van der Waals surface area contributed by atoms with Crippen molar-refractivity contribution in [1.82, 2.24) is 4.90 Å². The smallest absolute Gasteiger partial charge is 0.238 e. The van der Waals surface area contributed by atoms with Crippen molar-refractivity contribution < 1.29 is 18.0 Å². The number of ketones is 1. The molecule has 0 aliphatic carbocycles. The van der Waals surface area contributed by atoms with Gasteiger partial charge in [-0.2, -0.15) is 0 Å². The molecule has 1 aliphatic rings. The van der Waals surface area contributed by atoms with E-state index in [-0.39, 0.29) is 33.8 Å². The summed E-state index contributed by atoms with van der Waals surface area (Å²) in [5.74, 6) is -0.207. The molecule has 1 N–H and O–H groups in total. The van der Waals surface area contributed by atoms with Gasteiger partial charge in [0, 0.05) is 43.7 Å². The summed E-state index contributed by atoms with van der Waals surface area (Å²) in [5, 5.41) is 2.99. The SMILES string of the molecule is CC(=O)c1ccc(N2CCN(CC(=O)Nc3cc(S(C)(=O)=O)ccc3Cl)CC2)cc1. The maximum atomic E-state index is 12.4. The Morgan fingerprint density at radius 2 is 1.67 bits per heavy atom. The maximum absolute atomic E-state index is 12.4. The number of amides is 1. The van der Waals surface area contributed by atoms with Crippen molar-refractivity contribution in [1.29, 1.82) is 0 Å². The number of benzene rings is 2. The molecule has 1 fully saturated rings. The average molecular weight is 450 g/mol. The van der Waals surface area contributed by atoms with Gasteiger partial charge in [-0.05, 0) is 49.4 Å². The van der Waals surface area contributed by atoms with Crippen LogP contribution in [0, 0.1) is 0 Å². The first-order valence-corrected chi connectivity index (χ1v) is 11.8. The molecule has 0 bridgehead atoms. The monoisotopic (exact) mass is 449 g/mol. The van der Waals surface area contributed by atoms with Crippen molar-refractivity contribution in [3.63, 3.8) is 0 Å². The summed E-state index contributed by atoms with van der Waals surface area (Å²) in [6.45, 7) is 4.67. The number of hydrogen-bond donors (Lipinski definition) is 1. The largest absolute Gasteiger partial charge is 0.369 e. The highest BCUT2D eigenvalue weighted by atomic mass is 35.5. The average Bonchev–Trinajstić information content (AvgIpc) is 2.69. The first-order chi connectivity index (χ1) is 14.1. The molecule has 2 aromatic carbocycles. The first-order valence-electron chi connectivity index (χ1n) is 9.51. The molecule has 160 valence electrons. The molecule has 3 rings (SSSR count). The van der Waals surface area contributed by atoms with Crippen molar-refractivity contribution in [3.8, 4) is 0 Å². The van der Waals surface area contributed by atoms with E-state index in [4.69, 9.17) is 11.6 Å². The second-order valence-electron chi connectivity index (χ2n) is 7.33. The Kier molecular flexibility index (Phi) is 6.80. The van der Waals surface area contributed by atoms with Gasteiger partial charge in [-0.1, -0.05) is 11.6 Å². The molecule has 0 saturated carbocycles. The van der Waals surface area contributed by atoms with Gasteiger partial charge >= 0.3 is 0 Å². The highest BCUT2D eigenvalue weighted by molar-refractivity contribution is 7.90. The zero-order valence-electron chi connectivity index (χ0n) is 16.9. The van der Waals surface area contributed by atoms with E-state index in [0.29, 0.717) is 18.7 Å². The van der Waals surface area contributed by atoms with Crippen LogP contribution in [0.2, 0.25) is 5.02 Å². The van der Waals surface area contributed by atoms with Gasteiger partial charge in [0.2, 0.25) is 5.91 Å². The summed E-state index contributed by atoms with van der Waals surface area (Å²) < 4.78 is 23.4. The molecule has 1 amide bonds. The molecule has 0 spiro atoms. The van der Waals surface area contributed by atoms with Crippen LogP contribution < -0.4 is 10.2 Å². The van der Waals surface area contributed by atoms with Gasteiger partial charge in [0.05, 0.1) is 22.2 Å². The minimum absolute atomic E-state index is 0.0413. The zero-order valence-corrected chi connectivity index (χ0v) is 18.5. The van der Waals surface area contributed by atoms with E-state index < -0.39 is 9.84 Å². The fourth-order valence-corrected chi connectivity index (χ4v) is 4.11. The van der Waals surface area contributed by atoms with Crippen molar-refractivity contribution >= 4 is 44.5 Å². The summed E-state index contributed by atoms with van der Waals surface area (Å²) in [6, 6.07) is 11.8. The van der Waals surface area contributed by atoms with Crippen LogP contribution in [0.4, 0.5) is 11.4 Å². The lowest BCUT2D eigenvalue weighted by Gasteiger charge is -2.35. The van der Waals surface area contributed by atoms with E-state index in [9.17, 15) is 18.0 Å². The third kappa shape index (κ3) is 5.59. The lowest BCUT2D eigenvalue weighted by Crippen LogP contribution is -2.48. The summed E-state index contributed by atoms with van der Waals surface area (Å²) in [7, 11) is -3.39. The Morgan fingerprint density at radius 1 is 1.03 bits per heavy atom. The predicted octanol–water partition coefficient (Wildman–Crippen LogP) is 2.71. The lowest BCUT2D eigenvalue weighted by molar-refractivity contribution is -0.117. The third-order valence-electron chi connectivity index (χ3n) is 5.02. The van der Waals surface area contributed by atoms with Crippen LogP contribution in [-0.4, -0.2) is 64.0 Å². The summed E-state index contributed by atoms with van der Waals surface area (Å²) in [6.07, 6.45) is 1.11. The number of nitrogens with zero attached hydrogens (tertiary/aromatic N) is 2. The zero-order chi connectivity index (χ0) is 21.9. The number of anilines is 2. The van der Waals surface area contributed by atoms with Crippen LogP contribution >= 0.6 is 11.6 Å². The lowest BCUT2D eigenvalue weighted by atomic mass is 10.1. The molecular weight excluding hydrogens is 426 g/mol. The standard InChI is InChI=1S/C21H24ClN3O4S/c1-15(26)16-3-5-17(6-4-16)25-11-9-24(10-12-25)14-21(27)23-20-13-18(30(2,28)29)7-8-19(20)22/h3-8,13H,9-12,14H2,1-2H3,(H,23,27). The van der Waals surface area contributed by atoms with Crippen molar-refractivity contribution in [2.24, 2.45) is 0 Å². The van der Waals surface area contributed by atoms with E-state index >= 15 is 0 Å². The third-order valence-corrected chi connectivity index (χ3v) is 6.46. The number of nitrogens with one attached hydrogen (secondary N) is 1. The second kappa shape index (κ2) is 9.16. The van der Waals surface area contributed by atoms with Gasteiger partial charge < -0.3 is 10.2 Å². The molecule has 0 atom stereocenters. The Hall–Kier alpha value is -2.42. The number of rotatable bonds is 6. The fraction of sp³-hybridized carbons (Fsp3) is 0.333. The predicted molar refractivity (Wildman–Crippen MR) is 118 cm³/mol. The number of sulfone groups is 1. The van der Waals surface area contributed by atoms with Gasteiger partial charge in [-0.15, -0.1) is 0 Å². The Labute approximate surface area is 181 Å². The van der Waals surface area contributed by atoms with Crippen LogP contribution in [-0.2, 0) is 14.6 Å². The molecule has 0 unspecified atom stereocenters. The number of carbonyl (C=O) groups is 2. The Bertz CT molecular complexity index is 1050. The molecule has 0 radical (unpaired) electrons. The molecule has 2 aromatic rings. The molecule has 7 nitrogen and oxygen atoms in total. The normalized spacial score (nSPS) is 15.1. The molecule has 30 heavy (non-hydrogen) atoms. The molecule has 9 heteroatoms.